The van der Waals surface area contributed by atoms with Crippen LogP contribution in [0.1, 0.15) is 163 Å². The van der Waals surface area contributed by atoms with E-state index in [1.165, 1.54) is 45.0 Å². The van der Waals surface area contributed by atoms with Crippen molar-refractivity contribution in [3.8, 4) is 0 Å². The number of esters is 2. The molecule has 1 N–H and O–H groups in total. The van der Waals surface area contributed by atoms with Crippen molar-refractivity contribution < 1.29 is 159 Å². The third kappa shape index (κ3) is 19.3. The van der Waals surface area contributed by atoms with Gasteiger partial charge in [-0.05, 0) is 145 Å². The maximum atomic E-state index is 13.7. The molecule has 4 unspecified atom stereocenters. The summed E-state index contributed by atoms with van der Waals surface area (Å²) in [5, 5.41) is 0. The van der Waals surface area contributed by atoms with E-state index in [1.54, 1.807) is 29.2 Å². The molecule has 10 aliphatic rings. The van der Waals surface area contributed by atoms with E-state index in [9.17, 15) is 71.1 Å². The van der Waals surface area contributed by atoms with Crippen molar-refractivity contribution in [3.63, 3.8) is 0 Å². The van der Waals surface area contributed by atoms with E-state index >= 15 is 0 Å². The van der Waals surface area contributed by atoms with E-state index in [0.717, 1.165) is 11.1 Å². The summed E-state index contributed by atoms with van der Waals surface area (Å²) in [6.07, 6.45) is 2.93. The zero-order valence-electron chi connectivity index (χ0n) is 58.8. The van der Waals surface area contributed by atoms with Crippen LogP contribution in [0.5, 0.6) is 0 Å². The topological polar surface area (TPSA) is 94.0 Å². The van der Waals surface area contributed by atoms with Gasteiger partial charge in [-0.15, -0.1) is 0 Å². The van der Waals surface area contributed by atoms with Crippen molar-refractivity contribution in [1.82, 2.24) is 0 Å². The second kappa shape index (κ2) is 31.4. The molecule has 2 spiro atoms. The molecule has 26 heteroatoms. The molecule has 2 aliphatic heterocycles. The van der Waals surface area contributed by atoms with Gasteiger partial charge in [0, 0.05) is 43.1 Å². The van der Waals surface area contributed by atoms with Gasteiger partial charge >= 0.3 is 194 Å². The maximum Gasteiger partial charge on any atom is -1.00 e. The van der Waals surface area contributed by atoms with Crippen LogP contribution in [0.2, 0.25) is 0 Å². The molecule has 8 saturated carbocycles. The number of carbonyl (C=O) groups excluding carboxylic acids is 2. The average molecular weight is 1680 g/mol. The van der Waals surface area contributed by atoms with Crippen LogP contribution in [0.15, 0.2) is 84.9 Å². The molecule has 4 aromatic carbocycles. The third-order valence-corrected chi connectivity index (χ3v) is 26.7. The summed E-state index contributed by atoms with van der Waals surface area (Å²) in [6, 6.07) is 28.0. The molecule has 9 nitrogen and oxygen atoms in total. The number of ether oxygens (including phenoxy) is 6. The fraction of sp³-hybridized carbons (Fsp3) is 0.649. The molecule has 100 heavy (non-hydrogen) atoms. The van der Waals surface area contributed by atoms with Gasteiger partial charge in [0.25, 0.3) is 0 Å². The minimum atomic E-state index is -4.36. The second-order valence-electron chi connectivity index (χ2n) is 30.3. The van der Waals surface area contributed by atoms with Gasteiger partial charge in [-0.1, -0.05) is 32.9 Å². The molecule has 14 rings (SSSR count). The average Bonchev–Trinajstić information content (AvgIpc) is 1.09. The fourth-order valence-corrected chi connectivity index (χ4v) is 19.9. The zero-order chi connectivity index (χ0) is 73.5. The maximum absolute atomic E-state index is 13.7. The molecule has 4 atom stereocenters. The Kier molecular flexibility index (Phi) is 26.3. The van der Waals surface area contributed by atoms with Gasteiger partial charge in [0.15, 0.2) is 18.7 Å². The summed E-state index contributed by atoms with van der Waals surface area (Å²) in [5.41, 5.74) is 2.93. The van der Waals surface area contributed by atoms with Gasteiger partial charge in [-0.3, -0.25) is 0 Å². The molecule has 8 bridgehead atoms. The Morgan fingerprint density at radius 3 is 1.13 bits per heavy atom. The van der Waals surface area contributed by atoms with Crippen molar-refractivity contribution in [1.29, 1.82) is 0 Å². The van der Waals surface area contributed by atoms with Crippen molar-refractivity contribution >= 4 is 11.9 Å². The number of carbonyl (C=O) groups is 2. The summed E-state index contributed by atoms with van der Waals surface area (Å²) in [6.45, 7) is 22.8. The zero-order valence-corrected chi connectivity index (χ0v) is 63.8. The van der Waals surface area contributed by atoms with E-state index < -0.39 is 120 Å². The number of benzene rings is 4. The van der Waals surface area contributed by atoms with E-state index in [2.05, 4.69) is 111 Å². The third-order valence-electron chi connectivity index (χ3n) is 20.4. The van der Waals surface area contributed by atoms with Crippen molar-refractivity contribution in [2.24, 2.45) is 35.5 Å². The Bertz CT molecular complexity index is 3130. The minimum Gasteiger partial charge on any atom is -1.00 e. The minimum absolute atomic E-state index is 0. The molecule has 0 amide bonds. The van der Waals surface area contributed by atoms with Crippen molar-refractivity contribution in [2.45, 2.75) is 223 Å². The number of hydrogen-bond donors (Lipinski definition) is 1. The Labute approximate surface area is 605 Å². The standard InChI is InChI=1S/2C17H20F6O4.2C17H19FI.C6H15N.ClH/c2*1-13(18,19)12(24)27-14-4-9-2-10(5-14)17(11(3-9)6-14)25-7-15(20,21)16(22,23)8-26-17;2*1-12-11-14(18)7-10-16(12)19-15-8-5-13(6-9-15)17(2,3)4;1-4-7(5-2)6-3;/h2*9-11H,2-8H2,1H3;2*5-11H,1-4H3;4-6H2,1-3H3;1H/q;;-1;+1;;. The summed E-state index contributed by atoms with van der Waals surface area (Å²) < 4.78 is 226. The molecular weight excluding hydrogens is 1590 g/mol. The number of hydrogen-bond acceptors (Lipinski definition) is 8. The SMILES string of the molecule is CC(F)(F)C(=O)OC12CC3CC(C1)C1(OCC(F)(F)C(F)(F)CO1)C(C3)C2.CC(F)(F)C(=O)OC12CC3CC(C1)C1(OCC(F)(F)C(F)(F)CO1)C(C3)C2.CC[NH+](CC)CC.Cc1cc(F)ccc1[I+]c1ccc(C(C)(C)C)cc1.Cc1cc(F)ccc1[I-]c1ccc(C(C)(C)C)cc1.[Cl-]. The van der Waals surface area contributed by atoms with Crippen LogP contribution in [0.3, 0.4) is 0 Å². The first-order valence-corrected chi connectivity index (χ1v) is 38.1. The smallest absolute Gasteiger partial charge is 1.00 e. The first-order valence-electron chi connectivity index (χ1n) is 33.8. The molecular formula is C74H94ClF14I2NO8. The Hall–Kier alpha value is -3.61. The predicted molar refractivity (Wildman–Crippen MR) is 335 cm³/mol. The number of aryl methyl sites for hydroxylation is 2. The van der Waals surface area contributed by atoms with Gasteiger partial charge in [0.2, 0.25) is 0 Å². The molecule has 0 radical (unpaired) electrons. The van der Waals surface area contributed by atoms with Crippen LogP contribution in [0.25, 0.3) is 0 Å². The van der Waals surface area contributed by atoms with Gasteiger partial charge in [-0.25, -0.2) is 14.0 Å². The van der Waals surface area contributed by atoms with Crippen molar-refractivity contribution in [2.75, 3.05) is 46.1 Å². The Morgan fingerprint density at radius 1 is 0.500 bits per heavy atom. The molecule has 2 saturated heterocycles. The van der Waals surface area contributed by atoms with Crippen LogP contribution in [-0.4, -0.2) is 116 Å². The Morgan fingerprint density at radius 2 is 0.830 bits per heavy atom. The number of halogens is 17. The van der Waals surface area contributed by atoms with Crippen LogP contribution < -0.4 is 59.7 Å². The second-order valence-corrected chi connectivity index (χ2v) is 36.2. The first kappa shape index (κ1) is 83.7. The summed E-state index contributed by atoms with van der Waals surface area (Å²) in [4.78, 5) is 25.1. The molecule has 4 aromatic rings. The van der Waals surface area contributed by atoms with Crippen LogP contribution in [-0.2, 0) is 48.8 Å². The number of quaternary nitrogens is 1. The van der Waals surface area contributed by atoms with Gasteiger partial charge in [0.05, 0.1) is 19.6 Å². The molecule has 0 aromatic heterocycles. The fourth-order valence-electron chi connectivity index (χ4n) is 15.2. The largest absolute Gasteiger partial charge is 1.00 e. The van der Waals surface area contributed by atoms with Gasteiger partial charge in [0.1, 0.15) is 43.4 Å². The van der Waals surface area contributed by atoms with Gasteiger partial charge in [-0.2, -0.15) is 52.7 Å². The van der Waals surface area contributed by atoms with Gasteiger partial charge < -0.3 is 45.7 Å². The van der Waals surface area contributed by atoms with Crippen LogP contribution in [0.4, 0.5) is 61.5 Å². The number of nitrogens with one attached hydrogen (secondary N) is 1. The molecule has 8 aliphatic carbocycles. The van der Waals surface area contributed by atoms with Crippen molar-refractivity contribution in [3.05, 3.63) is 133 Å². The molecule has 562 valence electrons. The van der Waals surface area contributed by atoms with E-state index in [-0.39, 0.29) is 115 Å². The summed E-state index contributed by atoms with van der Waals surface area (Å²) in [7, 11) is 0. The first-order chi connectivity index (χ1) is 45.6. The summed E-state index contributed by atoms with van der Waals surface area (Å²) >= 11 is -0.444. The normalized spacial score (nSPS) is 27.5. The summed E-state index contributed by atoms with van der Waals surface area (Å²) in [5.74, 6) is -33.8. The van der Waals surface area contributed by atoms with Crippen LogP contribution >= 0.6 is 0 Å². The number of rotatable bonds is 11. The van der Waals surface area contributed by atoms with E-state index in [4.69, 9.17) is 28.4 Å². The van der Waals surface area contributed by atoms with E-state index in [0.29, 0.717) is 52.4 Å². The molecule has 2 heterocycles. The monoisotopic (exact) mass is 1680 g/mol. The van der Waals surface area contributed by atoms with E-state index in [1.807, 2.05) is 26.0 Å². The Balaban J connectivity index is 0.000000183. The quantitative estimate of drug-likeness (QED) is 0.0934. The predicted octanol–water partition coefficient (Wildman–Crippen LogP) is 7.61. The van der Waals surface area contributed by atoms with Crippen LogP contribution in [0, 0.1) is 75.3 Å². The molecule has 10 fully saturated rings. The number of alkyl halides is 12.